The molecule has 0 amide bonds. The van der Waals surface area contributed by atoms with Gasteiger partial charge in [0.25, 0.3) is 0 Å². The molecule has 0 bridgehead atoms. The Balaban J connectivity index is 1.99. The first-order valence-electron chi connectivity index (χ1n) is 7.25. The minimum absolute atomic E-state index is 0.275. The Hall–Kier alpha value is -2.06. The predicted molar refractivity (Wildman–Crippen MR) is 74.0 cm³/mol. The molecule has 3 rings (SSSR count). The van der Waals surface area contributed by atoms with Crippen LogP contribution in [-0.2, 0) is 12.7 Å². The van der Waals surface area contributed by atoms with Crippen LogP contribution in [0.4, 0.5) is 24.9 Å². The van der Waals surface area contributed by atoms with Crippen molar-refractivity contribution in [3.63, 3.8) is 0 Å². The third-order valence-corrected chi connectivity index (χ3v) is 3.74. The summed E-state index contributed by atoms with van der Waals surface area (Å²) in [6.07, 6.45) is -1.60. The number of imidazole rings is 1. The van der Waals surface area contributed by atoms with Crippen LogP contribution in [0.3, 0.4) is 0 Å². The Bertz CT molecular complexity index is 672. The second kappa shape index (κ2) is 5.29. The van der Waals surface area contributed by atoms with E-state index in [9.17, 15) is 13.2 Å². The van der Waals surface area contributed by atoms with Crippen molar-refractivity contribution in [2.24, 2.45) is 0 Å². The summed E-state index contributed by atoms with van der Waals surface area (Å²) in [6.45, 7) is 4.70. The van der Waals surface area contributed by atoms with Crippen LogP contribution in [0.25, 0.3) is 0 Å². The van der Waals surface area contributed by atoms with E-state index < -0.39 is 12.0 Å². The van der Waals surface area contributed by atoms with E-state index in [0.717, 1.165) is 19.3 Å². The van der Waals surface area contributed by atoms with Gasteiger partial charge in [0.1, 0.15) is 5.82 Å². The summed E-state index contributed by atoms with van der Waals surface area (Å²) in [5.74, 6) is 0.573. The average molecular weight is 314 g/mol. The average Bonchev–Trinajstić information content (AvgIpc) is 3.03. The van der Waals surface area contributed by atoms with Gasteiger partial charge in [0.15, 0.2) is 5.82 Å². The van der Waals surface area contributed by atoms with Gasteiger partial charge in [-0.3, -0.25) is 9.47 Å². The van der Waals surface area contributed by atoms with Crippen LogP contribution >= 0.6 is 0 Å². The second-order valence-corrected chi connectivity index (χ2v) is 5.38. The highest BCUT2D eigenvalue weighted by molar-refractivity contribution is 5.59. The van der Waals surface area contributed by atoms with Crippen LogP contribution in [0.5, 0.6) is 0 Å². The van der Waals surface area contributed by atoms with Crippen molar-refractivity contribution >= 4 is 11.8 Å². The number of aryl methyl sites for hydroxylation is 1. The van der Waals surface area contributed by atoms with Crippen LogP contribution in [-0.4, -0.2) is 31.3 Å². The Kier molecular flexibility index (Phi) is 3.57. The molecule has 0 aliphatic carbocycles. The summed E-state index contributed by atoms with van der Waals surface area (Å²) >= 11 is 0. The van der Waals surface area contributed by atoms with Gasteiger partial charge in [0, 0.05) is 6.54 Å². The van der Waals surface area contributed by atoms with Crippen molar-refractivity contribution in [3.05, 3.63) is 17.3 Å². The highest BCUT2D eigenvalue weighted by atomic mass is 19.4. The van der Waals surface area contributed by atoms with Gasteiger partial charge in [-0.2, -0.15) is 13.2 Å². The highest BCUT2D eigenvalue weighted by Crippen LogP contribution is 2.36. The first-order valence-corrected chi connectivity index (χ1v) is 7.25. The van der Waals surface area contributed by atoms with E-state index in [0.29, 0.717) is 29.8 Å². The van der Waals surface area contributed by atoms with Crippen molar-refractivity contribution < 1.29 is 13.2 Å². The number of anilines is 2. The number of hydrogen-bond acceptors (Lipinski definition) is 4. The normalized spacial score (nSPS) is 14.1. The number of fused-ring (bicyclic) bond motifs is 2. The number of alkyl halides is 3. The molecule has 0 aromatic carbocycles. The number of nitrogens with one attached hydrogen (secondary N) is 1. The number of aromatic nitrogens is 5. The number of H-pyrrole nitrogens is 1. The fourth-order valence-corrected chi connectivity index (χ4v) is 2.60. The standard InChI is InChI=1S/C13H17F3N6/c1-3-4-5-6-21-10-9(17-11(18-10)13(14,15)16)7-22-8(2)19-20-12(21)22/h3-7H2,1-2H3,(H,17,18). The van der Waals surface area contributed by atoms with Gasteiger partial charge in [0.2, 0.25) is 11.8 Å². The molecule has 0 radical (unpaired) electrons. The van der Waals surface area contributed by atoms with Gasteiger partial charge in [-0.05, 0) is 13.3 Å². The molecule has 6 nitrogen and oxygen atoms in total. The lowest BCUT2D eigenvalue weighted by atomic mass is 10.2. The van der Waals surface area contributed by atoms with Crippen LogP contribution in [0.15, 0.2) is 0 Å². The number of aromatic amines is 1. The van der Waals surface area contributed by atoms with Crippen molar-refractivity contribution in [1.29, 1.82) is 0 Å². The largest absolute Gasteiger partial charge is 0.449 e. The number of halogens is 3. The highest BCUT2D eigenvalue weighted by Gasteiger charge is 2.38. The molecule has 120 valence electrons. The molecule has 0 fully saturated rings. The summed E-state index contributed by atoms with van der Waals surface area (Å²) in [5, 5.41) is 8.11. The lowest BCUT2D eigenvalue weighted by Gasteiger charge is -2.27. The second-order valence-electron chi connectivity index (χ2n) is 5.38. The Labute approximate surface area is 125 Å². The SMILES string of the molecule is CCCCCN1c2nc(C(F)(F)F)[nH]c2Cn2c(C)nnc21. The number of unbranched alkanes of at least 4 members (excludes halogenated alkanes) is 2. The first-order chi connectivity index (χ1) is 10.4. The Morgan fingerprint density at radius 3 is 2.68 bits per heavy atom. The summed E-state index contributed by atoms with van der Waals surface area (Å²) in [7, 11) is 0. The van der Waals surface area contributed by atoms with Crippen molar-refractivity contribution in [2.75, 3.05) is 11.4 Å². The predicted octanol–water partition coefficient (Wildman–Crippen LogP) is 3.02. The van der Waals surface area contributed by atoms with Gasteiger partial charge in [-0.1, -0.05) is 19.8 Å². The third-order valence-electron chi connectivity index (χ3n) is 3.74. The Morgan fingerprint density at radius 2 is 2.00 bits per heavy atom. The summed E-state index contributed by atoms with van der Waals surface area (Å²) in [6, 6.07) is 0. The molecule has 9 heteroatoms. The molecule has 0 spiro atoms. The van der Waals surface area contributed by atoms with Gasteiger partial charge in [0.05, 0.1) is 12.2 Å². The summed E-state index contributed by atoms with van der Waals surface area (Å²) in [4.78, 5) is 7.87. The topological polar surface area (TPSA) is 62.6 Å². The van der Waals surface area contributed by atoms with E-state index in [2.05, 4.69) is 27.1 Å². The lowest BCUT2D eigenvalue weighted by Crippen LogP contribution is -2.28. The summed E-state index contributed by atoms with van der Waals surface area (Å²) < 4.78 is 40.5. The first kappa shape index (κ1) is 14.9. The monoisotopic (exact) mass is 314 g/mol. The Morgan fingerprint density at radius 1 is 1.23 bits per heavy atom. The van der Waals surface area contributed by atoms with E-state index in [-0.39, 0.29) is 6.54 Å². The molecular weight excluding hydrogens is 297 g/mol. The molecule has 2 aromatic rings. The van der Waals surface area contributed by atoms with Crippen molar-refractivity contribution in [3.8, 4) is 0 Å². The molecular formula is C13H17F3N6. The lowest BCUT2D eigenvalue weighted by molar-refractivity contribution is -0.144. The van der Waals surface area contributed by atoms with Gasteiger partial charge >= 0.3 is 6.18 Å². The van der Waals surface area contributed by atoms with E-state index in [1.807, 2.05) is 0 Å². The number of nitrogens with zero attached hydrogens (tertiary/aromatic N) is 5. The van der Waals surface area contributed by atoms with Crippen molar-refractivity contribution in [2.45, 2.75) is 45.8 Å². The fourth-order valence-electron chi connectivity index (χ4n) is 2.60. The molecule has 22 heavy (non-hydrogen) atoms. The third kappa shape index (κ3) is 2.44. The van der Waals surface area contributed by atoms with E-state index in [1.165, 1.54) is 0 Å². The molecule has 0 atom stereocenters. The quantitative estimate of drug-likeness (QED) is 0.881. The molecule has 1 aliphatic rings. The van der Waals surface area contributed by atoms with E-state index in [4.69, 9.17) is 0 Å². The van der Waals surface area contributed by atoms with E-state index >= 15 is 0 Å². The van der Waals surface area contributed by atoms with Crippen LogP contribution < -0.4 is 4.90 Å². The smallest absolute Gasteiger partial charge is 0.335 e. The zero-order chi connectivity index (χ0) is 15.9. The maximum Gasteiger partial charge on any atom is 0.449 e. The van der Waals surface area contributed by atoms with Gasteiger partial charge < -0.3 is 4.98 Å². The zero-order valence-corrected chi connectivity index (χ0v) is 12.4. The molecule has 0 saturated carbocycles. The van der Waals surface area contributed by atoms with Crippen LogP contribution in [0.1, 0.15) is 43.5 Å². The molecule has 1 aliphatic heterocycles. The van der Waals surface area contributed by atoms with Crippen molar-refractivity contribution in [1.82, 2.24) is 24.7 Å². The van der Waals surface area contributed by atoms with Gasteiger partial charge in [-0.15, -0.1) is 10.2 Å². The minimum atomic E-state index is -4.48. The molecule has 0 unspecified atom stereocenters. The maximum atomic E-state index is 12.9. The van der Waals surface area contributed by atoms with Gasteiger partial charge in [-0.25, -0.2) is 4.98 Å². The summed E-state index contributed by atoms with van der Waals surface area (Å²) in [5.41, 5.74) is 0.444. The number of hydrogen-bond donors (Lipinski definition) is 1. The molecule has 0 saturated heterocycles. The molecule has 3 heterocycles. The fraction of sp³-hybridized carbons (Fsp3) is 0.615. The van der Waals surface area contributed by atoms with E-state index in [1.54, 1.807) is 16.4 Å². The number of rotatable bonds is 4. The van der Waals surface area contributed by atoms with Crippen LogP contribution in [0.2, 0.25) is 0 Å². The molecule has 1 N–H and O–H groups in total. The minimum Gasteiger partial charge on any atom is -0.335 e. The maximum absolute atomic E-state index is 12.9. The van der Waals surface area contributed by atoms with Crippen LogP contribution in [0, 0.1) is 6.92 Å². The zero-order valence-electron chi connectivity index (χ0n) is 12.4. The molecule has 2 aromatic heterocycles.